The zero-order chi connectivity index (χ0) is 18.4. The monoisotopic (exact) mass is 371 g/mol. The van der Waals surface area contributed by atoms with Gasteiger partial charge in [0.25, 0.3) is 11.8 Å². The minimum Gasteiger partial charge on any atom is -0.351 e. The summed E-state index contributed by atoms with van der Waals surface area (Å²) in [5.41, 5.74) is -1.42. The molecule has 0 saturated carbocycles. The van der Waals surface area contributed by atoms with Crippen molar-refractivity contribution < 1.29 is 22.8 Å². The number of halogens is 3. The number of nitrogens with zero attached hydrogens (tertiary/aromatic N) is 1. The van der Waals surface area contributed by atoms with Gasteiger partial charge in [0.05, 0.1) is 11.1 Å². The van der Waals surface area contributed by atoms with Crippen LogP contribution in [-0.2, 0) is 6.18 Å². The van der Waals surface area contributed by atoms with E-state index in [0.717, 1.165) is 36.3 Å². The molecule has 0 fully saturated rings. The van der Waals surface area contributed by atoms with Crippen LogP contribution in [0.2, 0.25) is 0 Å². The predicted octanol–water partition coefficient (Wildman–Crippen LogP) is 3.94. The van der Waals surface area contributed by atoms with Crippen molar-refractivity contribution >= 4 is 28.3 Å². The summed E-state index contributed by atoms with van der Waals surface area (Å²) in [7, 11) is 0. The van der Waals surface area contributed by atoms with Gasteiger partial charge in [-0.3, -0.25) is 14.9 Å². The summed E-state index contributed by atoms with van der Waals surface area (Å²) in [5.74, 6) is -1.32. The van der Waals surface area contributed by atoms with Gasteiger partial charge in [-0.15, -0.1) is 11.3 Å². The molecule has 0 atom stereocenters. The minimum absolute atomic E-state index is 0.0580. The number of anilines is 1. The van der Waals surface area contributed by atoms with E-state index in [2.05, 4.69) is 15.6 Å². The zero-order valence-electron chi connectivity index (χ0n) is 13.3. The highest BCUT2D eigenvalue weighted by Gasteiger charge is 2.35. The standard InChI is InChI=1S/C16H16F3N3O2S/c1-2-3-8-20-14(24)12-9-25-15(21-12)22-13(23)10-6-4-5-7-11(10)16(17,18)19/h4-7,9H,2-3,8H2,1H3,(H,20,24)(H,21,22,23). The normalized spacial score (nSPS) is 11.2. The molecule has 2 aromatic rings. The number of rotatable bonds is 6. The molecule has 2 rings (SSSR count). The quantitative estimate of drug-likeness (QED) is 0.756. The van der Waals surface area contributed by atoms with E-state index in [1.54, 1.807) is 0 Å². The van der Waals surface area contributed by atoms with E-state index in [1.807, 2.05) is 6.92 Å². The van der Waals surface area contributed by atoms with E-state index in [0.29, 0.717) is 6.54 Å². The maximum atomic E-state index is 13.0. The second kappa shape index (κ2) is 8.11. The maximum Gasteiger partial charge on any atom is 0.417 e. The Bertz CT molecular complexity index is 759. The summed E-state index contributed by atoms with van der Waals surface area (Å²) >= 11 is 0.968. The molecule has 25 heavy (non-hydrogen) atoms. The highest BCUT2D eigenvalue weighted by Crippen LogP contribution is 2.32. The van der Waals surface area contributed by atoms with Gasteiger partial charge < -0.3 is 5.32 Å². The van der Waals surface area contributed by atoms with Crippen molar-refractivity contribution in [1.29, 1.82) is 0 Å². The molecule has 0 bridgehead atoms. The minimum atomic E-state index is -4.64. The number of unbranched alkanes of at least 4 members (excludes halogenated alkanes) is 1. The first-order valence-electron chi connectivity index (χ1n) is 7.54. The molecule has 0 spiro atoms. The average Bonchev–Trinajstić information content (AvgIpc) is 3.03. The predicted molar refractivity (Wildman–Crippen MR) is 88.8 cm³/mol. The summed E-state index contributed by atoms with van der Waals surface area (Å²) in [5, 5.41) is 6.47. The van der Waals surface area contributed by atoms with Crippen molar-refractivity contribution in [3.8, 4) is 0 Å². The van der Waals surface area contributed by atoms with Crippen LogP contribution in [0.3, 0.4) is 0 Å². The Balaban J connectivity index is 2.09. The van der Waals surface area contributed by atoms with Gasteiger partial charge >= 0.3 is 6.18 Å². The Hall–Kier alpha value is -2.42. The molecule has 9 heteroatoms. The second-order valence-electron chi connectivity index (χ2n) is 5.14. The summed E-state index contributed by atoms with van der Waals surface area (Å²) in [4.78, 5) is 27.9. The van der Waals surface area contributed by atoms with Gasteiger partial charge in [0.2, 0.25) is 0 Å². The molecule has 0 aliphatic rings. The fourth-order valence-electron chi connectivity index (χ4n) is 2.00. The van der Waals surface area contributed by atoms with Gasteiger partial charge in [-0.1, -0.05) is 25.5 Å². The fraction of sp³-hybridized carbons (Fsp3) is 0.312. The smallest absolute Gasteiger partial charge is 0.351 e. The third-order valence-corrected chi connectivity index (χ3v) is 4.01. The Kier molecular flexibility index (Phi) is 6.13. The van der Waals surface area contributed by atoms with Crippen LogP contribution in [-0.4, -0.2) is 23.3 Å². The van der Waals surface area contributed by atoms with Crippen molar-refractivity contribution in [2.24, 2.45) is 0 Å². The van der Waals surface area contributed by atoms with Gasteiger partial charge in [0, 0.05) is 11.9 Å². The molecule has 5 nitrogen and oxygen atoms in total. The third kappa shape index (κ3) is 5.02. The molecule has 1 aromatic heterocycles. The number of carbonyl (C=O) groups excluding carboxylic acids is 2. The van der Waals surface area contributed by atoms with Crippen molar-refractivity contribution in [3.05, 3.63) is 46.5 Å². The van der Waals surface area contributed by atoms with Gasteiger partial charge in [0.15, 0.2) is 5.13 Å². The first kappa shape index (κ1) is 18.9. The molecule has 0 aliphatic heterocycles. The van der Waals surface area contributed by atoms with E-state index in [1.165, 1.54) is 17.5 Å². The lowest BCUT2D eigenvalue weighted by Gasteiger charge is -2.11. The van der Waals surface area contributed by atoms with E-state index in [4.69, 9.17) is 0 Å². The molecular weight excluding hydrogens is 355 g/mol. The van der Waals surface area contributed by atoms with Crippen LogP contribution in [0.25, 0.3) is 0 Å². The van der Waals surface area contributed by atoms with Crippen molar-refractivity contribution in [1.82, 2.24) is 10.3 Å². The van der Waals surface area contributed by atoms with Crippen LogP contribution < -0.4 is 10.6 Å². The van der Waals surface area contributed by atoms with Crippen LogP contribution in [0.5, 0.6) is 0 Å². The number of amides is 2. The number of hydrogen-bond donors (Lipinski definition) is 2. The number of thiazole rings is 1. The Morgan fingerprint density at radius 3 is 2.60 bits per heavy atom. The number of alkyl halides is 3. The molecule has 0 saturated heterocycles. The number of nitrogens with one attached hydrogen (secondary N) is 2. The molecule has 1 aromatic carbocycles. The van der Waals surface area contributed by atoms with Crippen molar-refractivity contribution in [2.75, 3.05) is 11.9 Å². The Morgan fingerprint density at radius 1 is 1.20 bits per heavy atom. The van der Waals surface area contributed by atoms with E-state index < -0.39 is 23.2 Å². The Morgan fingerprint density at radius 2 is 1.92 bits per heavy atom. The number of aromatic nitrogens is 1. The van der Waals surface area contributed by atoms with E-state index in [9.17, 15) is 22.8 Å². The van der Waals surface area contributed by atoms with Crippen LogP contribution in [0.15, 0.2) is 29.6 Å². The summed E-state index contributed by atoms with van der Waals surface area (Å²) in [6.45, 7) is 2.49. The van der Waals surface area contributed by atoms with Crippen LogP contribution >= 0.6 is 11.3 Å². The molecular formula is C16H16F3N3O2S. The van der Waals surface area contributed by atoms with Crippen molar-refractivity contribution in [3.63, 3.8) is 0 Å². The topological polar surface area (TPSA) is 71.1 Å². The van der Waals surface area contributed by atoms with Gasteiger partial charge in [-0.25, -0.2) is 4.98 Å². The summed E-state index contributed by atoms with van der Waals surface area (Å²) < 4.78 is 38.9. The Labute approximate surface area is 146 Å². The fourth-order valence-corrected chi connectivity index (χ4v) is 2.68. The van der Waals surface area contributed by atoms with E-state index in [-0.39, 0.29) is 16.7 Å². The highest BCUT2D eigenvalue weighted by molar-refractivity contribution is 7.14. The third-order valence-electron chi connectivity index (χ3n) is 3.25. The SMILES string of the molecule is CCCCNC(=O)c1csc(NC(=O)c2ccccc2C(F)(F)F)n1. The lowest BCUT2D eigenvalue weighted by atomic mass is 10.1. The first-order chi connectivity index (χ1) is 11.8. The zero-order valence-corrected chi connectivity index (χ0v) is 14.1. The van der Waals surface area contributed by atoms with Gasteiger partial charge in [-0.05, 0) is 18.6 Å². The first-order valence-corrected chi connectivity index (χ1v) is 8.42. The second-order valence-corrected chi connectivity index (χ2v) is 6.00. The molecule has 0 aliphatic carbocycles. The van der Waals surface area contributed by atoms with E-state index >= 15 is 0 Å². The summed E-state index contributed by atoms with van der Waals surface area (Å²) in [6.07, 6.45) is -2.88. The number of hydrogen-bond acceptors (Lipinski definition) is 4. The molecule has 1 heterocycles. The average molecular weight is 371 g/mol. The van der Waals surface area contributed by atoms with Crippen LogP contribution in [0.1, 0.15) is 46.2 Å². The molecule has 134 valence electrons. The number of benzene rings is 1. The largest absolute Gasteiger partial charge is 0.417 e. The highest BCUT2D eigenvalue weighted by atomic mass is 32.1. The van der Waals surface area contributed by atoms with Crippen LogP contribution in [0.4, 0.5) is 18.3 Å². The molecule has 2 amide bonds. The number of carbonyl (C=O) groups is 2. The van der Waals surface area contributed by atoms with Gasteiger partial charge in [0.1, 0.15) is 5.69 Å². The molecule has 2 N–H and O–H groups in total. The lowest BCUT2D eigenvalue weighted by molar-refractivity contribution is -0.137. The maximum absolute atomic E-state index is 13.0. The van der Waals surface area contributed by atoms with Gasteiger partial charge in [-0.2, -0.15) is 13.2 Å². The lowest BCUT2D eigenvalue weighted by Crippen LogP contribution is -2.24. The summed E-state index contributed by atoms with van der Waals surface area (Å²) in [6, 6.07) is 4.48. The van der Waals surface area contributed by atoms with Crippen LogP contribution in [0, 0.1) is 0 Å². The molecule has 0 radical (unpaired) electrons. The van der Waals surface area contributed by atoms with Crippen molar-refractivity contribution in [2.45, 2.75) is 25.9 Å². The molecule has 0 unspecified atom stereocenters.